The van der Waals surface area contributed by atoms with Crippen molar-refractivity contribution in [3.05, 3.63) is 59.1 Å². The van der Waals surface area contributed by atoms with Crippen molar-refractivity contribution in [2.24, 2.45) is 0 Å². The van der Waals surface area contributed by atoms with Crippen LogP contribution in [-0.2, 0) is 11.3 Å². The van der Waals surface area contributed by atoms with Crippen LogP contribution in [0, 0.1) is 0 Å². The maximum Gasteiger partial charge on any atom is 0.119 e. The summed E-state index contributed by atoms with van der Waals surface area (Å²) in [5.41, 5.74) is 7.42. The number of benzene rings is 2. The lowest BCUT2D eigenvalue weighted by atomic mass is 10.2. The van der Waals surface area contributed by atoms with Crippen molar-refractivity contribution in [2.45, 2.75) is 13.0 Å². The molecule has 0 aliphatic heterocycles. The summed E-state index contributed by atoms with van der Waals surface area (Å²) in [5.74, 6) is 0.828. The quantitative estimate of drug-likeness (QED) is 0.621. The summed E-state index contributed by atoms with van der Waals surface area (Å²) in [6.07, 6.45) is 0.838. The lowest BCUT2D eigenvalue weighted by molar-refractivity contribution is 0.107. The summed E-state index contributed by atoms with van der Waals surface area (Å²) in [7, 11) is 0. The van der Waals surface area contributed by atoms with Crippen molar-refractivity contribution in [2.75, 3.05) is 18.9 Å². The van der Waals surface area contributed by atoms with Gasteiger partial charge in [0.15, 0.2) is 0 Å². The average Bonchev–Trinajstić information content (AvgIpc) is 2.45. The Balaban J connectivity index is 1.59. The molecule has 0 heterocycles. The van der Waals surface area contributed by atoms with Gasteiger partial charge in [-0.2, -0.15) is 0 Å². The first-order valence-electron chi connectivity index (χ1n) is 6.54. The number of nitrogen functional groups attached to an aromatic ring is 1. The number of anilines is 1. The topological polar surface area (TPSA) is 44.5 Å². The third-order valence-corrected chi connectivity index (χ3v) is 2.97. The van der Waals surface area contributed by atoms with Crippen LogP contribution in [0.5, 0.6) is 5.75 Å². The van der Waals surface area contributed by atoms with E-state index in [0.717, 1.165) is 28.4 Å². The molecule has 0 saturated heterocycles. The summed E-state index contributed by atoms with van der Waals surface area (Å²) < 4.78 is 11.1. The van der Waals surface area contributed by atoms with Gasteiger partial charge < -0.3 is 15.2 Å². The molecule has 0 saturated carbocycles. The molecule has 4 heteroatoms. The third kappa shape index (κ3) is 5.11. The van der Waals surface area contributed by atoms with E-state index in [0.29, 0.717) is 19.8 Å². The Bertz CT molecular complexity index is 528. The fourth-order valence-corrected chi connectivity index (χ4v) is 1.94. The van der Waals surface area contributed by atoms with E-state index in [-0.39, 0.29) is 0 Å². The Morgan fingerprint density at radius 2 is 1.80 bits per heavy atom. The van der Waals surface area contributed by atoms with Gasteiger partial charge in [-0.15, -0.1) is 0 Å². The molecule has 0 aromatic heterocycles. The van der Waals surface area contributed by atoms with Crippen LogP contribution < -0.4 is 10.5 Å². The van der Waals surface area contributed by atoms with Crippen molar-refractivity contribution in [3.63, 3.8) is 0 Å². The van der Waals surface area contributed by atoms with Crippen molar-refractivity contribution < 1.29 is 9.47 Å². The molecule has 0 spiro atoms. The van der Waals surface area contributed by atoms with Crippen LogP contribution in [0.25, 0.3) is 0 Å². The highest BCUT2D eigenvalue weighted by Gasteiger charge is 1.96. The first-order chi connectivity index (χ1) is 9.74. The minimum atomic E-state index is 0.572. The maximum atomic E-state index is 5.90. The monoisotopic (exact) mass is 291 g/mol. The summed E-state index contributed by atoms with van der Waals surface area (Å²) in [5, 5.41) is 0.734. The molecule has 3 nitrogen and oxygen atoms in total. The van der Waals surface area contributed by atoms with Gasteiger partial charge in [-0.25, -0.2) is 0 Å². The van der Waals surface area contributed by atoms with E-state index in [1.165, 1.54) is 0 Å². The van der Waals surface area contributed by atoms with E-state index in [2.05, 4.69) is 0 Å². The predicted octanol–water partition coefficient (Wildman–Crippen LogP) is 3.91. The molecule has 0 fully saturated rings. The van der Waals surface area contributed by atoms with Gasteiger partial charge in [0.2, 0.25) is 0 Å². The summed E-state index contributed by atoms with van der Waals surface area (Å²) in [6.45, 7) is 1.85. The molecule has 0 aliphatic rings. The van der Waals surface area contributed by atoms with E-state index < -0.39 is 0 Å². The Morgan fingerprint density at radius 1 is 1.00 bits per heavy atom. The molecule has 2 aromatic rings. The second kappa shape index (κ2) is 7.78. The Labute approximate surface area is 124 Å². The van der Waals surface area contributed by atoms with Crippen LogP contribution >= 0.6 is 11.6 Å². The second-order valence-corrected chi connectivity index (χ2v) is 4.89. The van der Waals surface area contributed by atoms with Gasteiger partial charge in [0.25, 0.3) is 0 Å². The smallest absolute Gasteiger partial charge is 0.119 e. The molecule has 0 aliphatic carbocycles. The van der Waals surface area contributed by atoms with Crippen LogP contribution in [-0.4, -0.2) is 13.2 Å². The molecule has 2 aromatic carbocycles. The van der Waals surface area contributed by atoms with E-state index in [1.54, 1.807) is 0 Å². The van der Waals surface area contributed by atoms with Gasteiger partial charge in [-0.3, -0.25) is 0 Å². The third-order valence-electron chi connectivity index (χ3n) is 2.74. The molecular weight excluding hydrogens is 274 g/mol. The fourth-order valence-electron chi connectivity index (χ4n) is 1.73. The maximum absolute atomic E-state index is 5.90. The average molecular weight is 292 g/mol. The van der Waals surface area contributed by atoms with Crippen molar-refractivity contribution in [1.29, 1.82) is 0 Å². The molecule has 0 atom stereocenters. The molecule has 0 amide bonds. The fraction of sp³-hybridized carbons (Fsp3) is 0.250. The first-order valence-corrected chi connectivity index (χ1v) is 6.92. The van der Waals surface area contributed by atoms with Crippen molar-refractivity contribution >= 4 is 17.3 Å². The normalized spacial score (nSPS) is 10.4. The SMILES string of the molecule is Nc1ccc(OCCCOCc2cccc(Cl)c2)cc1. The van der Waals surface area contributed by atoms with Gasteiger partial charge in [0, 0.05) is 17.1 Å². The van der Waals surface area contributed by atoms with Gasteiger partial charge >= 0.3 is 0 Å². The van der Waals surface area contributed by atoms with Crippen LogP contribution in [0.2, 0.25) is 5.02 Å². The summed E-state index contributed by atoms with van der Waals surface area (Å²) >= 11 is 5.90. The molecular formula is C16H18ClNO2. The van der Waals surface area contributed by atoms with Crippen LogP contribution in [0.1, 0.15) is 12.0 Å². The van der Waals surface area contributed by atoms with Gasteiger partial charge in [-0.1, -0.05) is 23.7 Å². The van der Waals surface area contributed by atoms with E-state index in [1.807, 2.05) is 48.5 Å². The Hall–Kier alpha value is -1.71. The zero-order valence-electron chi connectivity index (χ0n) is 11.2. The number of hydrogen-bond acceptors (Lipinski definition) is 3. The lowest BCUT2D eigenvalue weighted by Crippen LogP contribution is -2.03. The predicted molar refractivity (Wildman–Crippen MR) is 82.1 cm³/mol. The van der Waals surface area contributed by atoms with Gasteiger partial charge in [-0.05, 0) is 42.0 Å². The van der Waals surface area contributed by atoms with Gasteiger partial charge in [0.05, 0.1) is 19.8 Å². The minimum absolute atomic E-state index is 0.572. The molecule has 20 heavy (non-hydrogen) atoms. The molecule has 0 bridgehead atoms. The Kier molecular flexibility index (Phi) is 5.71. The summed E-state index contributed by atoms with van der Waals surface area (Å²) in [4.78, 5) is 0. The van der Waals surface area contributed by atoms with E-state index in [4.69, 9.17) is 26.8 Å². The zero-order valence-corrected chi connectivity index (χ0v) is 12.0. The van der Waals surface area contributed by atoms with Crippen LogP contribution in [0.3, 0.4) is 0 Å². The van der Waals surface area contributed by atoms with Crippen molar-refractivity contribution in [3.8, 4) is 5.75 Å². The minimum Gasteiger partial charge on any atom is -0.494 e. The number of nitrogens with two attached hydrogens (primary N) is 1. The number of hydrogen-bond donors (Lipinski definition) is 1. The second-order valence-electron chi connectivity index (χ2n) is 4.45. The number of ether oxygens (including phenoxy) is 2. The standard InChI is InChI=1S/C16H18ClNO2/c17-14-4-1-3-13(11-14)12-19-9-2-10-20-16-7-5-15(18)6-8-16/h1,3-8,11H,2,9-10,12,18H2. The van der Waals surface area contributed by atoms with Crippen molar-refractivity contribution in [1.82, 2.24) is 0 Å². The highest BCUT2D eigenvalue weighted by molar-refractivity contribution is 6.30. The molecule has 2 rings (SSSR count). The number of rotatable bonds is 7. The lowest BCUT2D eigenvalue weighted by Gasteiger charge is -2.07. The van der Waals surface area contributed by atoms with Gasteiger partial charge in [0.1, 0.15) is 5.75 Å². The van der Waals surface area contributed by atoms with E-state index in [9.17, 15) is 0 Å². The molecule has 2 N–H and O–H groups in total. The van der Waals surface area contributed by atoms with Crippen LogP contribution in [0.4, 0.5) is 5.69 Å². The first kappa shape index (κ1) is 14.7. The molecule has 0 radical (unpaired) electrons. The van der Waals surface area contributed by atoms with Crippen LogP contribution in [0.15, 0.2) is 48.5 Å². The largest absolute Gasteiger partial charge is 0.494 e. The van der Waals surface area contributed by atoms with E-state index >= 15 is 0 Å². The molecule has 0 unspecified atom stereocenters. The Morgan fingerprint density at radius 3 is 2.55 bits per heavy atom. The highest BCUT2D eigenvalue weighted by atomic mass is 35.5. The molecule has 106 valence electrons. The summed E-state index contributed by atoms with van der Waals surface area (Å²) in [6, 6.07) is 15.1. The zero-order chi connectivity index (χ0) is 14.2. The number of halogens is 1. The highest BCUT2D eigenvalue weighted by Crippen LogP contribution is 2.13.